The number of rotatable bonds is 9. The molecule has 2 rings (SSSR count). The van der Waals surface area contributed by atoms with Gasteiger partial charge in [0.05, 0.1) is 25.9 Å². The number of aliphatic imine (C=N–C) groups is 1. The third kappa shape index (κ3) is 9.39. The summed E-state index contributed by atoms with van der Waals surface area (Å²) in [6.07, 6.45) is 1.67. The molecule has 8 heteroatoms. The quantitative estimate of drug-likeness (QED) is 0.226. The maximum absolute atomic E-state index is 5.97. The minimum Gasteiger partial charge on any atom is -0.493 e. The number of hydrogen-bond donors (Lipinski definition) is 2. The van der Waals surface area contributed by atoms with Gasteiger partial charge in [0.15, 0.2) is 17.5 Å². The van der Waals surface area contributed by atoms with E-state index in [1.165, 1.54) is 0 Å². The van der Waals surface area contributed by atoms with E-state index >= 15 is 0 Å². The number of ether oxygens (including phenoxy) is 3. The zero-order valence-corrected chi connectivity index (χ0v) is 20.6. The van der Waals surface area contributed by atoms with Crippen LogP contribution in [0.3, 0.4) is 0 Å². The topological polar surface area (TPSA) is 67.4 Å². The first-order valence-electron chi connectivity index (χ1n) is 10.1. The van der Waals surface area contributed by atoms with E-state index in [0.29, 0.717) is 18.8 Å². The highest BCUT2D eigenvalue weighted by atomic mass is 127. The second kappa shape index (κ2) is 13.9. The predicted molar refractivity (Wildman–Crippen MR) is 129 cm³/mol. The van der Waals surface area contributed by atoms with Crippen LogP contribution in [0, 0.1) is 0 Å². The number of nitrogens with zero attached hydrogens (tertiary/aromatic N) is 2. The summed E-state index contributed by atoms with van der Waals surface area (Å²) in [5.41, 5.74) is 0. The van der Waals surface area contributed by atoms with Crippen LogP contribution in [0.2, 0.25) is 0 Å². The lowest BCUT2D eigenvalue weighted by Crippen LogP contribution is -2.46. The molecule has 166 valence electrons. The number of methoxy groups -OCH3 is 1. The molecule has 0 aromatic heterocycles. The zero-order valence-electron chi connectivity index (χ0n) is 18.3. The number of nitrogens with one attached hydrogen (secondary N) is 2. The Morgan fingerprint density at radius 1 is 1.21 bits per heavy atom. The van der Waals surface area contributed by atoms with Gasteiger partial charge in [0.1, 0.15) is 6.10 Å². The van der Waals surface area contributed by atoms with Crippen LogP contribution in [0.4, 0.5) is 0 Å². The summed E-state index contributed by atoms with van der Waals surface area (Å²) in [4.78, 5) is 6.76. The summed E-state index contributed by atoms with van der Waals surface area (Å²) in [7, 11) is 3.43. The molecule has 3 unspecified atom stereocenters. The first-order chi connectivity index (χ1) is 13.5. The Morgan fingerprint density at radius 2 is 1.86 bits per heavy atom. The van der Waals surface area contributed by atoms with Crippen LogP contribution in [0.15, 0.2) is 29.3 Å². The molecule has 0 bridgehead atoms. The molecule has 0 aliphatic carbocycles. The van der Waals surface area contributed by atoms with Crippen LogP contribution < -0.4 is 20.1 Å². The highest BCUT2D eigenvalue weighted by molar-refractivity contribution is 14.0. The van der Waals surface area contributed by atoms with Gasteiger partial charge in [0.25, 0.3) is 0 Å². The standard InChI is InChI=1S/C21H36N4O3.HI/c1-16(28-20-10-7-6-9-19(20)26-5)13-24-21(22-4)23-11-8-12-25-14-17(2)27-18(3)15-25;/h6-7,9-10,16-18H,8,11-15H2,1-5H3,(H2,22,23,24);1H. The average Bonchev–Trinajstić information content (AvgIpc) is 2.67. The van der Waals surface area contributed by atoms with Crippen molar-refractivity contribution < 1.29 is 14.2 Å². The Kier molecular flexibility index (Phi) is 12.3. The van der Waals surface area contributed by atoms with Gasteiger partial charge in [-0.3, -0.25) is 9.89 Å². The average molecular weight is 520 g/mol. The fourth-order valence-electron chi connectivity index (χ4n) is 3.41. The maximum Gasteiger partial charge on any atom is 0.191 e. The normalized spacial score (nSPS) is 21.1. The van der Waals surface area contributed by atoms with E-state index in [0.717, 1.165) is 50.1 Å². The summed E-state index contributed by atoms with van der Waals surface area (Å²) in [5.74, 6) is 2.28. The van der Waals surface area contributed by atoms with Crippen molar-refractivity contribution in [3.8, 4) is 11.5 Å². The zero-order chi connectivity index (χ0) is 20.4. The molecule has 1 aromatic rings. The van der Waals surface area contributed by atoms with Gasteiger partial charge in [-0.05, 0) is 39.3 Å². The minimum atomic E-state index is -0.0221. The number of hydrogen-bond acceptors (Lipinski definition) is 5. The lowest BCUT2D eigenvalue weighted by Gasteiger charge is -2.35. The summed E-state index contributed by atoms with van der Waals surface area (Å²) in [6, 6.07) is 7.68. The fourth-order valence-corrected chi connectivity index (χ4v) is 3.41. The van der Waals surface area contributed by atoms with Crippen LogP contribution in [-0.2, 0) is 4.74 Å². The van der Waals surface area contributed by atoms with E-state index in [4.69, 9.17) is 14.2 Å². The van der Waals surface area contributed by atoms with Crippen molar-refractivity contribution in [2.75, 3.05) is 46.9 Å². The second-order valence-corrected chi connectivity index (χ2v) is 7.33. The number of benzene rings is 1. The smallest absolute Gasteiger partial charge is 0.191 e. The summed E-state index contributed by atoms with van der Waals surface area (Å²) in [5, 5.41) is 6.69. The second-order valence-electron chi connectivity index (χ2n) is 7.33. The van der Waals surface area contributed by atoms with Crippen LogP contribution in [0.25, 0.3) is 0 Å². The molecular weight excluding hydrogens is 483 g/mol. The van der Waals surface area contributed by atoms with E-state index in [2.05, 4.69) is 34.4 Å². The van der Waals surface area contributed by atoms with Gasteiger partial charge in [-0.2, -0.15) is 0 Å². The van der Waals surface area contributed by atoms with Crippen LogP contribution in [0.5, 0.6) is 11.5 Å². The fraction of sp³-hybridized carbons (Fsp3) is 0.667. The molecule has 1 fully saturated rings. The molecule has 7 nitrogen and oxygen atoms in total. The van der Waals surface area contributed by atoms with Crippen LogP contribution in [-0.4, -0.2) is 76.1 Å². The Bertz CT molecular complexity index is 607. The highest BCUT2D eigenvalue weighted by Crippen LogP contribution is 2.26. The number of halogens is 1. The third-order valence-electron chi connectivity index (χ3n) is 4.62. The summed E-state index contributed by atoms with van der Waals surface area (Å²) >= 11 is 0. The molecule has 1 aliphatic rings. The van der Waals surface area contributed by atoms with Crippen molar-refractivity contribution in [3.05, 3.63) is 24.3 Å². The molecule has 29 heavy (non-hydrogen) atoms. The molecule has 0 saturated carbocycles. The monoisotopic (exact) mass is 520 g/mol. The van der Waals surface area contributed by atoms with Gasteiger partial charge in [-0.1, -0.05) is 12.1 Å². The SMILES string of the molecule is CN=C(NCCCN1CC(C)OC(C)C1)NCC(C)Oc1ccccc1OC.I. The van der Waals surface area contributed by atoms with Crippen molar-refractivity contribution in [2.45, 2.75) is 45.5 Å². The number of guanidine groups is 1. The maximum atomic E-state index is 5.97. The van der Waals surface area contributed by atoms with E-state index in [9.17, 15) is 0 Å². The van der Waals surface area contributed by atoms with Gasteiger partial charge in [0, 0.05) is 33.2 Å². The van der Waals surface area contributed by atoms with E-state index in [-0.39, 0.29) is 30.1 Å². The largest absolute Gasteiger partial charge is 0.493 e. The van der Waals surface area contributed by atoms with E-state index in [1.54, 1.807) is 14.2 Å². The molecule has 1 aliphatic heterocycles. The Balaban J connectivity index is 0.00000420. The van der Waals surface area contributed by atoms with Crippen LogP contribution >= 0.6 is 24.0 Å². The Labute approximate surface area is 192 Å². The molecule has 0 amide bonds. The van der Waals surface area contributed by atoms with E-state index < -0.39 is 0 Å². The molecule has 1 saturated heterocycles. The highest BCUT2D eigenvalue weighted by Gasteiger charge is 2.21. The lowest BCUT2D eigenvalue weighted by atomic mass is 10.2. The Morgan fingerprint density at radius 3 is 2.48 bits per heavy atom. The molecule has 0 radical (unpaired) electrons. The van der Waals surface area contributed by atoms with Crippen molar-refractivity contribution in [1.29, 1.82) is 0 Å². The summed E-state index contributed by atoms with van der Waals surface area (Å²) < 4.78 is 17.1. The van der Waals surface area contributed by atoms with Crippen molar-refractivity contribution in [1.82, 2.24) is 15.5 Å². The van der Waals surface area contributed by atoms with Crippen molar-refractivity contribution in [2.24, 2.45) is 4.99 Å². The molecule has 1 heterocycles. The molecule has 3 atom stereocenters. The third-order valence-corrected chi connectivity index (χ3v) is 4.62. The van der Waals surface area contributed by atoms with Crippen molar-refractivity contribution >= 4 is 29.9 Å². The first-order valence-corrected chi connectivity index (χ1v) is 10.1. The predicted octanol–water partition coefficient (Wildman–Crippen LogP) is 2.74. The van der Waals surface area contributed by atoms with E-state index in [1.807, 2.05) is 31.2 Å². The number of morpholine rings is 1. The van der Waals surface area contributed by atoms with Gasteiger partial charge in [0.2, 0.25) is 0 Å². The first kappa shape index (κ1) is 25.8. The lowest BCUT2D eigenvalue weighted by molar-refractivity contribution is -0.0679. The van der Waals surface area contributed by atoms with Crippen molar-refractivity contribution in [3.63, 3.8) is 0 Å². The number of para-hydroxylation sites is 2. The van der Waals surface area contributed by atoms with Crippen LogP contribution in [0.1, 0.15) is 27.2 Å². The molecular formula is C21H37IN4O3. The van der Waals surface area contributed by atoms with Gasteiger partial charge in [-0.15, -0.1) is 24.0 Å². The molecule has 1 aromatic carbocycles. The molecule has 0 spiro atoms. The minimum absolute atomic E-state index is 0. The summed E-state index contributed by atoms with van der Waals surface area (Å²) in [6.45, 7) is 10.9. The van der Waals surface area contributed by atoms with Gasteiger partial charge < -0.3 is 24.8 Å². The van der Waals surface area contributed by atoms with Gasteiger partial charge >= 0.3 is 0 Å². The Hall–Kier alpha value is -1.26. The van der Waals surface area contributed by atoms with Gasteiger partial charge in [-0.25, -0.2) is 0 Å². The molecule has 2 N–H and O–H groups in total.